The molecular formula is C47H53Cl2NO14S. The van der Waals surface area contributed by atoms with E-state index in [1.807, 2.05) is 0 Å². The fourth-order valence-electron chi connectivity index (χ4n) is 6.71. The van der Waals surface area contributed by atoms with Gasteiger partial charge >= 0.3 is 24.1 Å². The van der Waals surface area contributed by atoms with Crippen molar-refractivity contribution in [2.24, 2.45) is 22.7 Å². The van der Waals surface area contributed by atoms with E-state index in [1.54, 1.807) is 89.1 Å². The number of fused-ring (bicyclic) bond motifs is 2. The number of nitrogens with zero attached hydrogens (tertiary/aromatic N) is 1. The zero-order valence-electron chi connectivity index (χ0n) is 37.5. The molecule has 15 nitrogen and oxygen atoms in total. The number of ketones is 1. The summed E-state index contributed by atoms with van der Waals surface area (Å²) in [4.78, 5) is 80.8. The molecule has 5 rings (SSSR count). The van der Waals surface area contributed by atoms with Crippen molar-refractivity contribution in [3.63, 3.8) is 0 Å². The van der Waals surface area contributed by atoms with Crippen LogP contribution in [-0.2, 0) is 67.3 Å². The van der Waals surface area contributed by atoms with E-state index in [-0.39, 0.29) is 52.6 Å². The van der Waals surface area contributed by atoms with Gasteiger partial charge in [0.2, 0.25) is 6.29 Å². The van der Waals surface area contributed by atoms with Gasteiger partial charge in [-0.1, -0.05) is 41.4 Å². The van der Waals surface area contributed by atoms with Crippen molar-refractivity contribution in [2.75, 3.05) is 32.6 Å². The molecule has 1 aliphatic rings. The number of ether oxygens (including phenoxy) is 5. The second kappa shape index (κ2) is 20.8. The van der Waals surface area contributed by atoms with Gasteiger partial charge in [0.05, 0.1) is 49.4 Å². The van der Waals surface area contributed by atoms with Gasteiger partial charge in [0.25, 0.3) is 5.91 Å². The molecule has 1 aliphatic heterocycles. The maximum absolute atomic E-state index is 14.1. The normalized spacial score (nSPS) is 14.0. The first kappa shape index (κ1) is 50.5. The molecule has 4 aromatic rings. The van der Waals surface area contributed by atoms with Gasteiger partial charge in [-0.15, -0.1) is 0 Å². The van der Waals surface area contributed by atoms with Crippen molar-refractivity contribution in [2.45, 2.75) is 85.5 Å². The summed E-state index contributed by atoms with van der Waals surface area (Å²) in [5.74, 6) is -4.91. The Hall–Kier alpha value is -5.45. The van der Waals surface area contributed by atoms with Crippen molar-refractivity contribution < 1.29 is 65.3 Å². The third-order valence-electron chi connectivity index (χ3n) is 10.4. The van der Waals surface area contributed by atoms with Crippen LogP contribution < -0.4 is 0 Å². The standard InChI is InChI=1S/C47H53Cl2NO14S/c1-27(64-45(56)62-26-29(24-60-43(54)46(2,3)4)25-61-44(55)47(5,6)7)63-42(53)32(18-28-10-9-11-34(19-28)65(8,57)58)21-37(51)39-36(48)20-33-23-50(16-14-35(33)40(39)49)41(52)31-13-12-30-15-17-59-38(30)22-31/h9-13,15,17,19-20,22,27,29,32H,14,16,18,21,23-26H2,1-8H3/t27?,32-/m1/s1. The first-order valence-electron chi connectivity index (χ1n) is 20.8. The van der Waals surface area contributed by atoms with Crippen LogP contribution in [0.1, 0.15) is 92.3 Å². The number of carbonyl (C=O) groups excluding carboxylic acids is 6. The van der Waals surface area contributed by atoms with Gasteiger partial charge in [-0.25, -0.2) is 13.2 Å². The lowest BCUT2D eigenvalue weighted by atomic mass is 9.89. The second-order valence-electron chi connectivity index (χ2n) is 18.0. The highest BCUT2D eigenvalue weighted by Gasteiger charge is 2.33. The molecule has 2 heterocycles. The molecule has 1 unspecified atom stereocenters. The third-order valence-corrected chi connectivity index (χ3v) is 12.2. The van der Waals surface area contributed by atoms with Crippen LogP contribution >= 0.6 is 23.2 Å². The van der Waals surface area contributed by atoms with Gasteiger partial charge in [0, 0.05) is 43.6 Å². The van der Waals surface area contributed by atoms with Crippen LogP contribution in [0.5, 0.6) is 0 Å². The zero-order chi connectivity index (χ0) is 48.0. The molecule has 0 N–H and O–H groups in total. The molecule has 0 saturated heterocycles. The Labute approximate surface area is 387 Å². The molecule has 0 radical (unpaired) electrons. The lowest BCUT2D eigenvalue weighted by Crippen LogP contribution is -2.36. The maximum atomic E-state index is 14.1. The highest BCUT2D eigenvalue weighted by atomic mass is 35.5. The molecule has 350 valence electrons. The van der Waals surface area contributed by atoms with E-state index < -0.39 is 81.7 Å². The van der Waals surface area contributed by atoms with Crippen LogP contribution in [0.25, 0.3) is 11.0 Å². The largest absolute Gasteiger partial charge is 0.511 e. The SMILES string of the molecule is CC(OC(=O)OCC(COC(=O)C(C)(C)C)COC(=O)C(C)(C)C)OC(=O)[C@@H](CC(=O)c1c(Cl)cc2c(c1Cl)CCN(C(=O)c1ccc3ccoc3c1)C2)Cc1cccc(S(C)(=O)=O)c1. The molecule has 2 atom stereocenters. The fraction of sp³-hybridized carbons (Fsp3) is 0.447. The Morgan fingerprint density at radius 1 is 0.831 bits per heavy atom. The average molecular weight is 959 g/mol. The van der Waals surface area contributed by atoms with E-state index in [0.717, 1.165) is 11.6 Å². The molecule has 0 bridgehead atoms. The first-order valence-corrected chi connectivity index (χ1v) is 23.4. The number of esters is 3. The topological polar surface area (TPSA) is 199 Å². The average Bonchev–Trinajstić information content (AvgIpc) is 3.69. The van der Waals surface area contributed by atoms with Crippen LogP contribution in [0.2, 0.25) is 10.0 Å². The summed E-state index contributed by atoms with van der Waals surface area (Å²) in [6.07, 6.45) is -0.599. The van der Waals surface area contributed by atoms with Crippen LogP contribution in [-0.4, -0.2) is 88.0 Å². The van der Waals surface area contributed by atoms with Crippen molar-refractivity contribution in [3.05, 3.63) is 98.7 Å². The minimum atomic E-state index is -3.64. The summed E-state index contributed by atoms with van der Waals surface area (Å²) in [7, 11) is -3.64. The Morgan fingerprint density at radius 3 is 2.11 bits per heavy atom. The molecule has 0 saturated carbocycles. The van der Waals surface area contributed by atoms with Crippen LogP contribution in [0.4, 0.5) is 4.79 Å². The number of sulfone groups is 1. The first-order chi connectivity index (χ1) is 30.3. The molecule has 1 amide bonds. The van der Waals surface area contributed by atoms with Gasteiger partial charge < -0.3 is 33.0 Å². The van der Waals surface area contributed by atoms with E-state index in [0.29, 0.717) is 40.8 Å². The van der Waals surface area contributed by atoms with Gasteiger partial charge in [-0.05, 0) is 107 Å². The number of halogens is 2. The molecular weight excluding hydrogens is 905 g/mol. The van der Waals surface area contributed by atoms with E-state index in [9.17, 15) is 37.2 Å². The zero-order valence-corrected chi connectivity index (χ0v) is 39.8. The molecule has 18 heteroatoms. The summed E-state index contributed by atoms with van der Waals surface area (Å²) in [5.41, 5.74) is 0.977. The van der Waals surface area contributed by atoms with E-state index >= 15 is 0 Å². The molecule has 0 spiro atoms. The Morgan fingerprint density at radius 2 is 1.48 bits per heavy atom. The fourth-order valence-corrected chi connectivity index (χ4v) is 8.20. The summed E-state index contributed by atoms with van der Waals surface area (Å²) in [6, 6.07) is 14.4. The van der Waals surface area contributed by atoms with Crippen LogP contribution in [0.15, 0.2) is 70.2 Å². The number of hydrogen-bond donors (Lipinski definition) is 0. The number of Topliss-reactive ketones (excluding diaryl/α,β-unsaturated/α-hetero) is 1. The predicted octanol–water partition coefficient (Wildman–Crippen LogP) is 8.61. The maximum Gasteiger partial charge on any atom is 0.511 e. The number of benzene rings is 3. The quantitative estimate of drug-likeness (QED) is 0.0447. The lowest BCUT2D eigenvalue weighted by molar-refractivity contribution is -0.173. The molecule has 0 fully saturated rings. The van der Waals surface area contributed by atoms with Crippen molar-refractivity contribution in [1.29, 1.82) is 0 Å². The Bertz CT molecular complexity index is 2540. The van der Waals surface area contributed by atoms with Gasteiger partial charge in [-0.2, -0.15) is 0 Å². The van der Waals surface area contributed by atoms with Gasteiger partial charge in [0.15, 0.2) is 15.6 Å². The summed E-state index contributed by atoms with van der Waals surface area (Å²) in [5, 5.41) is 0.933. The van der Waals surface area contributed by atoms with E-state index in [1.165, 1.54) is 25.1 Å². The smallest absolute Gasteiger partial charge is 0.465 e. The summed E-state index contributed by atoms with van der Waals surface area (Å²) >= 11 is 13.6. The number of carbonyl (C=O) groups is 6. The summed E-state index contributed by atoms with van der Waals surface area (Å²) < 4.78 is 56.9. The Balaban J connectivity index is 1.29. The number of hydrogen-bond acceptors (Lipinski definition) is 14. The summed E-state index contributed by atoms with van der Waals surface area (Å²) in [6.45, 7) is 10.8. The predicted molar refractivity (Wildman–Crippen MR) is 239 cm³/mol. The minimum absolute atomic E-state index is 0.00431. The lowest BCUT2D eigenvalue weighted by Gasteiger charge is -2.30. The van der Waals surface area contributed by atoms with E-state index in [2.05, 4.69) is 0 Å². The minimum Gasteiger partial charge on any atom is -0.465 e. The second-order valence-corrected chi connectivity index (χ2v) is 20.8. The van der Waals surface area contributed by atoms with Crippen LogP contribution in [0, 0.1) is 22.7 Å². The highest BCUT2D eigenvalue weighted by Crippen LogP contribution is 2.37. The number of furan rings is 1. The molecule has 0 aliphatic carbocycles. The Kier molecular flexibility index (Phi) is 16.2. The molecule has 3 aromatic carbocycles. The number of amides is 1. The van der Waals surface area contributed by atoms with Crippen molar-refractivity contribution in [3.8, 4) is 0 Å². The van der Waals surface area contributed by atoms with Gasteiger partial charge in [0.1, 0.15) is 25.4 Å². The van der Waals surface area contributed by atoms with Crippen molar-refractivity contribution in [1.82, 2.24) is 4.90 Å². The number of rotatable bonds is 16. The van der Waals surface area contributed by atoms with Gasteiger partial charge in [-0.3, -0.25) is 24.0 Å². The highest BCUT2D eigenvalue weighted by molar-refractivity contribution is 7.90. The molecule has 1 aromatic heterocycles. The monoisotopic (exact) mass is 957 g/mol. The van der Waals surface area contributed by atoms with Crippen molar-refractivity contribution >= 4 is 79.8 Å². The van der Waals surface area contributed by atoms with E-state index in [4.69, 9.17) is 51.3 Å². The third kappa shape index (κ3) is 13.6. The van der Waals surface area contributed by atoms with Crippen LogP contribution in [0.3, 0.4) is 0 Å². The molecule has 65 heavy (non-hydrogen) atoms.